The molecule has 1 aliphatic rings. The third-order valence-electron chi connectivity index (χ3n) is 7.94. The van der Waals surface area contributed by atoms with Crippen LogP contribution in [0.2, 0.25) is 0 Å². The summed E-state index contributed by atoms with van der Waals surface area (Å²) in [6, 6.07) is 30.7. The van der Waals surface area contributed by atoms with E-state index >= 15 is 0 Å². The quantitative estimate of drug-likeness (QED) is 0.231. The van der Waals surface area contributed by atoms with Crippen molar-refractivity contribution in [3.05, 3.63) is 108 Å². The van der Waals surface area contributed by atoms with Gasteiger partial charge < -0.3 is 20.1 Å². The molecule has 1 amide bonds. The van der Waals surface area contributed by atoms with E-state index in [1.807, 2.05) is 64.6 Å². The summed E-state index contributed by atoms with van der Waals surface area (Å²) in [5.74, 6) is -0.903. The fourth-order valence-corrected chi connectivity index (χ4v) is 7.57. The maximum absolute atomic E-state index is 13.5. The number of carbonyl (C=O) groups excluding carboxylic acids is 1. The molecule has 2 unspecified atom stereocenters. The SMILES string of the molecule is CC[C@H](C)[C@H](NCC1CC(SC(c2ccccc2)(c2ccccc2)c2ccccc2)CN1C(=O)OC(C)(C)C)C(=O)O. The molecule has 6 nitrogen and oxygen atoms in total. The van der Waals surface area contributed by atoms with Crippen LogP contribution in [0.25, 0.3) is 0 Å². The molecule has 224 valence electrons. The first-order chi connectivity index (χ1) is 20.0. The van der Waals surface area contributed by atoms with Crippen molar-refractivity contribution in [3.8, 4) is 0 Å². The van der Waals surface area contributed by atoms with Gasteiger partial charge in [0.25, 0.3) is 0 Å². The van der Waals surface area contributed by atoms with Crippen molar-refractivity contribution in [2.75, 3.05) is 13.1 Å². The number of hydrogen-bond donors (Lipinski definition) is 2. The van der Waals surface area contributed by atoms with E-state index < -0.39 is 22.4 Å². The van der Waals surface area contributed by atoms with Crippen molar-refractivity contribution in [1.29, 1.82) is 0 Å². The summed E-state index contributed by atoms with van der Waals surface area (Å²) in [4.78, 5) is 27.4. The van der Waals surface area contributed by atoms with Gasteiger partial charge in [-0.15, -0.1) is 11.8 Å². The molecule has 1 heterocycles. The number of carboxylic acids is 1. The number of thioether (sulfide) groups is 1. The fourth-order valence-electron chi connectivity index (χ4n) is 5.70. The van der Waals surface area contributed by atoms with E-state index in [2.05, 4.69) is 78.1 Å². The molecule has 7 heteroatoms. The van der Waals surface area contributed by atoms with Crippen molar-refractivity contribution in [2.24, 2.45) is 5.92 Å². The lowest BCUT2D eigenvalue weighted by Crippen LogP contribution is -2.49. The highest BCUT2D eigenvalue weighted by Crippen LogP contribution is 2.52. The smallest absolute Gasteiger partial charge is 0.410 e. The number of nitrogens with one attached hydrogen (secondary N) is 1. The Morgan fingerprint density at radius 2 is 1.40 bits per heavy atom. The van der Waals surface area contributed by atoms with E-state index in [9.17, 15) is 14.7 Å². The summed E-state index contributed by atoms with van der Waals surface area (Å²) in [5.41, 5.74) is 2.86. The first-order valence-corrected chi connectivity index (χ1v) is 15.7. The minimum absolute atomic E-state index is 0.0362. The van der Waals surface area contributed by atoms with Gasteiger partial charge in [0.15, 0.2) is 0 Å². The summed E-state index contributed by atoms with van der Waals surface area (Å²) in [5, 5.41) is 13.2. The Morgan fingerprint density at radius 1 is 0.929 bits per heavy atom. The van der Waals surface area contributed by atoms with Crippen LogP contribution < -0.4 is 5.32 Å². The van der Waals surface area contributed by atoms with Gasteiger partial charge in [0.05, 0.1) is 4.75 Å². The Balaban J connectivity index is 1.72. The van der Waals surface area contributed by atoms with Gasteiger partial charge in [0, 0.05) is 24.4 Å². The van der Waals surface area contributed by atoms with Gasteiger partial charge in [0.1, 0.15) is 11.6 Å². The molecule has 2 N–H and O–H groups in total. The number of amides is 1. The van der Waals surface area contributed by atoms with Crippen LogP contribution in [0.4, 0.5) is 4.79 Å². The minimum atomic E-state index is -0.867. The van der Waals surface area contributed by atoms with Crippen LogP contribution in [-0.4, -0.2) is 58.1 Å². The number of ether oxygens (including phenoxy) is 1. The van der Waals surface area contributed by atoms with Crippen molar-refractivity contribution >= 4 is 23.8 Å². The lowest BCUT2D eigenvalue weighted by Gasteiger charge is -2.37. The summed E-state index contributed by atoms with van der Waals surface area (Å²) < 4.78 is 5.32. The Hall–Kier alpha value is -3.29. The number of likely N-dealkylation sites (tertiary alicyclic amines) is 1. The van der Waals surface area contributed by atoms with Crippen molar-refractivity contribution in [3.63, 3.8) is 0 Å². The number of benzene rings is 3. The first kappa shape index (κ1) is 31.6. The normalized spacial score (nSPS) is 18.8. The highest BCUT2D eigenvalue weighted by molar-refractivity contribution is 8.01. The first-order valence-electron chi connectivity index (χ1n) is 14.8. The number of carbonyl (C=O) groups is 2. The van der Waals surface area contributed by atoms with Crippen LogP contribution in [0.3, 0.4) is 0 Å². The molecular formula is C35H44N2O4S. The molecule has 4 rings (SSSR count). The minimum Gasteiger partial charge on any atom is -0.480 e. The van der Waals surface area contributed by atoms with E-state index in [4.69, 9.17) is 4.74 Å². The second kappa shape index (κ2) is 13.8. The number of carboxylic acid groups (broad SMARTS) is 1. The van der Waals surface area contributed by atoms with Gasteiger partial charge in [-0.3, -0.25) is 4.79 Å². The lowest BCUT2D eigenvalue weighted by molar-refractivity contribution is -0.140. The van der Waals surface area contributed by atoms with E-state index in [0.29, 0.717) is 19.5 Å². The number of rotatable bonds is 11. The summed E-state index contributed by atoms with van der Waals surface area (Å²) in [6.07, 6.45) is 1.09. The van der Waals surface area contributed by atoms with Crippen LogP contribution in [0.15, 0.2) is 91.0 Å². The molecule has 4 atom stereocenters. The Labute approximate surface area is 254 Å². The zero-order valence-corrected chi connectivity index (χ0v) is 26.1. The van der Waals surface area contributed by atoms with Crippen LogP contribution in [0.1, 0.15) is 64.2 Å². The van der Waals surface area contributed by atoms with Gasteiger partial charge in [0.2, 0.25) is 0 Å². The molecule has 1 aliphatic heterocycles. The molecule has 3 aromatic carbocycles. The van der Waals surface area contributed by atoms with Gasteiger partial charge in [-0.2, -0.15) is 0 Å². The predicted octanol–water partition coefficient (Wildman–Crippen LogP) is 7.18. The topological polar surface area (TPSA) is 78.9 Å². The summed E-state index contributed by atoms with van der Waals surface area (Å²) in [7, 11) is 0. The molecule has 0 spiro atoms. The van der Waals surface area contributed by atoms with Crippen LogP contribution in [0.5, 0.6) is 0 Å². The van der Waals surface area contributed by atoms with E-state index in [0.717, 1.165) is 6.42 Å². The Morgan fingerprint density at radius 3 is 1.81 bits per heavy atom. The molecule has 1 saturated heterocycles. The van der Waals surface area contributed by atoms with Crippen LogP contribution in [0, 0.1) is 5.92 Å². The summed E-state index contributed by atoms with van der Waals surface area (Å²) >= 11 is 1.86. The maximum Gasteiger partial charge on any atom is 0.410 e. The Kier molecular flexibility index (Phi) is 10.4. The largest absolute Gasteiger partial charge is 0.480 e. The molecule has 0 radical (unpaired) electrons. The second-order valence-corrected chi connectivity index (χ2v) is 13.7. The third kappa shape index (κ3) is 7.37. The lowest BCUT2D eigenvalue weighted by atomic mass is 9.84. The van der Waals surface area contributed by atoms with Crippen molar-refractivity contribution in [2.45, 2.75) is 75.1 Å². The monoisotopic (exact) mass is 588 g/mol. The molecule has 1 fully saturated rings. The van der Waals surface area contributed by atoms with Gasteiger partial charge >= 0.3 is 12.1 Å². The molecule has 0 aromatic heterocycles. The maximum atomic E-state index is 13.5. The number of hydrogen-bond acceptors (Lipinski definition) is 5. The van der Waals surface area contributed by atoms with Gasteiger partial charge in [-0.25, -0.2) is 4.79 Å². The molecule has 42 heavy (non-hydrogen) atoms. The zero-order valence-electron chi connectivity index (χ0n) is 25.3. The molecule has 0 bridgehead atoms. The van der Waals surface area contributed by atoms with E-state index in [1.54, 1.807) is 4.90 Å². The van der Waals surface area contributed by atoms with E-state index in [1.165, 1.54) is 16.7 Å². The average Bonchev–Trinajstić information content (AvgIpc) is 3.39. The van der Waals surface area contributed by atoms with Crippen molar-refractivity contribution < 1.29 is 19.4 Å². The fraction of sp³-hybridized carbons (Fsp3) is 0.429. The third-order valence-corrected chi connectivity index (χ3v) is 9.68. The summed E-state index contributed by atoms with van der Waals surface area (Å²) in [6.45, 7) is 10.4. The molecule has 3 aromatic rings. The highest BCUT2D eigenvalue weighted by atomic mass is 32.2. The van der Waals surface area contributed by atoms with Gasteiger partial charge in [-0.1, -0.05) is 111 Å². The van der Waals surface area contributed by atoms with Crippen LogP contribution >= 0.6 is 11.8 Å². The Bertz CT molecular complexity index is 1200. The number of aliphatic carboxylic acids is 1. The second-order valence-electron chi connectivity index (χ2n) is 12.2. The highest BCUT2D eigenvalue weighted by Gasteiger charge is 2.45. The average molecular weight is 589 g/mol. The van der Waals surface area contributed by atoms with Crippen molar-refractivity contribution in [1.82, 2.24) is 10.2 Å². The zero-order chi connectivity index (χ0) is 30.3. The molecule has 0 saturated carbocycles. The predicted molar refractivity (Wildman–Crippen MR) is 171 cm³/mol. The standard InChI is InChI=1S/C35H44N2O4S/c1-6-25(2)31(32(38)39)36-23-29-22-30(24-37(29)33(40)41-34(3,4)5)42-35(26-16-10-7-11-17-26,27-18-12-8-13-19-27)28-20-14-9-15-21-28/h7-21,25,29-31,36H,6,22-24H2,1-5H3,(H,38,39)/t25-,29?,30?,31-/m0/s1. The number of nitrogens with zero attached hydrogens (tertiary/aromatic N) is 1. The molecular weight excluding hydrogens is 544 g/mol. The van der Waals surface area contributed by atoms with E-state index in [-0.39, 0.29) is 23.3 Å². The van der Waals surface area contributed by atoms with Gasteiger partial charge in [-0.05, 0) is 49.8 Å². The molecule has 0 aliphatic carbocycles. The van der Waals surface area contributed by atoms with Crippen LogP contribution in [-0.2, 0) is 14.3 Å².